The molecule has 0 radical (unpaired) electrons. The number of phenols is 1. The Bertz CT molecular complexity index is 694. The molecule has 0 heterocycles. The lowest BCUT2D eigenvalue weighted by atomic mass is 9.51. The summed E-state index contributed by atoms with van der Waals surface area (Å²) in [6.45, 7) is 2.65. The molecule has 4 rings (SSSR count). The fourth-order valence-electron chi connectivity index (χ4n) is 7.00. The lowest BCUT2D eigenvalue weighted by Crippen LogP contribution is -2.45. The molecule has 1 aromatic rings. The molecule has 3 aliphatic carbocycles. The molecule has 0 amide bonds. The molecule has 1 aromatic carbocycles. The Balaban J connectivity index is 1.52. The number of aryl methyl sites for hydroxylation is 1. The third-order valence-electron chi connectivity index (χ3n) is 8.01. The number of benzene rings is 1. The largest absolute Gasteiger partial charge is 0.508 e. The molecule has 2 nitrogen and oxygen atoms in total. The van der Waals surface area contributed by atoms with Gasteiger partial charge in [0.25, 0.3) is 0 Å². The second-order valence-corrected chi connectivity index (χ2v) is 10.1. The highest BCUT2D eigenvalue weighted by Gasteiger charge is 2.48. The van der Waals surface area contributed by atoms with Gasteiger partial charge in [0.05, 0.1) is 0 Å². The number of allylic oxidation sites excluding steroid dienone is 2. The van der Waals surface area contributed by atoms with Crippen molar-refractivity contribution in [2.24, 2.45) is 29.1 Å². The fourth-order valence-corrected chi connectivity index (χ4v) is 7.00. The predicted molar refractivity (Wildman–Crippen MR) is 115 cm³/mol. The van der Waals surface area contributed by atoms with Crippen LogP contribution in [0.25, 0.3) is 0 Å². The molecule has 2 heteroatoms. The normalized spacial score (nSPS) is 35.1. The third-order valence-corrected chi connectivity index (χ3v) is 8.01. The smallest absolute Gasteiger partial charge is 0.116 e. The van der Waals surface area contributed by atoms with E-state index in [0.29, 0.717) is 11.2 Å². The van der Waals surface area contributed by atoms with Crippen LogP contribution in [0.3, 0.4) is 0 Å². The topological polar surface area (TPSA) is 40.5 Å². The van der Waals surface area contributed by atoms with Gasteiger partial charge >= 0.3 is 0 Å². The number of phenolic OH excluding ortho intramolecular Hbond substituents is 1. The Morgan fingerprint density at radius 2 is 1.93 bits per heavy atom. The van der Waals surface area contributed by atoms with Crippen LogP contribution < -0.4 is 0 Å². The monoisotopic (exact) mass is 382 g/mol. The number of hydrogen-bond donors (Lipinski definition) is 2. The summed E-state index contributed by atoms with van der Waals surface area (Å²) in [5.74, 6) is 3.70. The van der Waals surface area contributed by atoms with Crippen LogP contribution >= 0.6 is 0 Å². The second kappa shape index (κ2) is 8.61. The first-order valence-corrected chi connectivity index (χ1v) is 11.7. The molecule has 1 spiro atoms. The SMILES string of the molecule is C[C@H]1CC=C[C@@]2(CCC[C@@H]3[C@@H](Cc4cc(O)cc(CCCO)c4)CCC[C@@H]32)C1. The summed E-state index contributed by atoms with van der Waals surface area (Å²) >= 11 is 0. The molecular formula is C26H38O2. The van der Waals surface area contributed by atoms with Gasteiger partial charge < -0.3 is 10.2 Å². The zero-order chi connectivity index (χ0) is 19.6. The van der Waals surface area contributed by atoms with Gasteiger partial charge in [-0.05, 0) is 110 Å². The van der Waals surface area contributed by atoms with Gasteiger partial charge in [0.2, 0.25) is 0 Å². The van der Waals surface area contributed by atoms with Gasteiger partial charge in [0.15, 0.2) is 0 Å². The van der Waals surface area contributed by atoms with E-state index in [1.165, 1.54) is 62.5 Å². The average molecular weight is 383 g/mol. The maximum absolute atomic E-state index is 10.2. The standard InChI is InChI=1S/C26H38O2/c1-19-6-3-11-26(18-19)12-4-9-24-22(8-2-10-25(24)26)15-21-14-20(7-5-13-27)16-23(28)17-21/h3,11,14,16-17,19,22,24-25,27-28H,2,4-10,12-13,15,18H2,1H3/t19-,22+,24+,25-,26+/m0/s1. The molecule has 2 N–H and O–H groups in total. The van der Waals surface area contributed by atoms with Crippen molar-refractivity contribution in [3.63, 3.8) is 0 Å². The Labute approximate surface area is 171 Å². The molecule has 28 heavy (non-hydrogen) atoms. The Hall–Kier alpha value is -1.28. The summed E-state index contributed by atoms with van der Waals surface area (Å²) in [7, 11) is 0. The lowest BCUT2D eigenvalue weighted by Gasteiger charge is -2.54. The van der Waals surface area contributed by atoms with Crippen LogP contribution in [-0.2, 0) is 12.8 Å². The van der Waals surface area contributed by atoms with Crippen LogP contribution in [0, 0.1) is 29.1 Å². The average Bonchev–Trinajstić information content (AvgIpc) is 2.67. The molecule has 0 aromatic heterocycles. The van der Waals surface area contributed by atoms with E-state index in [4.69, 9.17) is 5.11 Å². The number of aliphatic hydroxyl groups is 1. The van der Waals surface area contributed by atoms with Gasteiger partial charge in [-0.3, -0.25) is 0 Å². The van der Waals surface area contributed by atoms with Crippen LogP contribution in [0.2, 0.25) is 0 Å². The molecule has 154 valence electrons. The van der Waals surface area contributed by atoms with Crippen LogP contribution in [0.1, 0.15) is 75.8 Å². The van der Waals surface area contributed by atoms with Crippen molar-refractivity contribution in [3.8, 4) is 5.75 Å². The van der Waals surface area contributed by atoms with Crippen molar-refractivity contribution in [2.45, 2.75) is 77.6 Å². The van der Waals surface area contributed by atoms with Gasteiger partial charge in [0.1, 0.15) is 5.75 Å². The number of aromatic hydroxyl groups is 1. The van der Waals surface area contributed by atoms with E-state index >= 15 is 0 Å². The minimum absolute atomic E-state index is 0.214. The van der Waals surface area contributed by atoms with Gasteiger partial charge in [-0.2, -0.15) is 0 Å². The van der Waals surface area contributed by atoms with E-state index < -0.39 is 0 Å². The summed E-state index contributed by atoms with van der Waals surface area (Å²) in [5.41, 5.74) is 2.94. The molecule has 0 bridgehead atoms. The first kappa shape index (κ1) is 20.0. The summed E-state index contributed by atoms with van der Waals surface area (Å²) in [5, 5.41) is 19.3. The van der Waals surface area contributed by atoms with E-state index in [1.54, 1.807) is 0 Å². The quantitative estimate of drug-likeness (QED) is 0.609. The first-order valence-electron chi connectivity index (χ1n) is 11.7. The van der Waals surface area contributed by atoms with Gasteiger partial charge in [0, 0.05) is 6.61 Å². The minimum atomic E-state index is 0.214. The minimum Gasteiger partial charge on any atom is -0.508 e. The third kappa shape index (κ3) is 4.17. The number of hydrogen-bond acceptors (Lipinski definition) is 2. The molecule has 0 unspecified atom stereocenters. The van der Waals surface area contributed by atoms with E-state index in [0.717, 1.165) is 42.9 Å². The molecular weight excluding hydrogens is 344 g/mol. The predicted octanol–water partition coefficient (Wildman–Crippen LogP) is 6.05. The fraction of sp³-hybridized carbons (Fsp3) is 0.692. The summed E-state index contributed by atoms with van der Waals surface area (Å²) in [4.78, 5) is 0. The Kier molecular flexibility index (Phi) is 6.16. The second-order valence-electron chi connectivity index (χ2n) is 10.1. The highest BCUT2D eigenvalue weighted by molar-refractivity contribution is 5.34. The molecule has 0 aliphatic heterocycles. The van der Waals surface area contributed by atoms with Crippen molar-refractivity contribution in [1.82, 2.24) is 0 Å². The van der Waals surface area contributed by atoms with Crippen molar-refractivity contribution >= 4 is 0 Å². The van der Waals surface area contributed by atoms with Gasteiger partial charge in [-0.25, -0.2) is 0 Å². The molecule has 2 fully saturated rings. The molecule has 3 aliphatic rings. The van der Waals surface area contributed by atoms with E-state index in [2.05, 4.69) is 25.1 Å². The first-order chi connectivity index (χ1) is 13.6. The van der Waals surface area contributed by atoms with Crippen molar-refractivity contribution < 1.29 is 10.2 Å². The zero-order valence-electron chi connectivity index (χ0n) is 17.6. The number of aliphatic hydroxyl groups excluding tert-OH is 1. The highest BCUT2D eigenvalue weighted by atomic mass is 16.3. The van der Waals surface area contributed by atoms with Crippen LogP contribution in [0.15, 0.2) is 30.4 Å². The Morgan fingerprint density at radius 1 is 1.07 bits per heavy atom. The van der Waals surface area contributed by atoms with E-state index in [1.807, 2.05) is 12.1 Å². The molecule has 2 saturated carbocycles. The maximum Gasteiger partial charge on any atom is 0.116 e. The van der Waals surface area contributed by atoms with Gasteiger partial charge in [-0.15, -0.1) is 0 Å². The van der Waals surface area contributed by atoms with Crippen molar-refractivity contribution in [1.29, 1.82) is 0 Å². The number of rotatable bonds is 5. The summed E-state index contributed by atoms with van der Waals surface area (Å²) in [6, 6.07) is 6.13. The summed E-state index contributed by atoms with van der Waals surface area (Å²) in [6.07, 6.45) is 18.8. The molecule has 0 saturated heterocycles. The van der Waals surface area contributed by atoms with Crippen LogP contribution in [-0.4, -0.2) is 16.8 Å². The Morgan fingerprint density at radius 3 is 2.75 bits per heavy atom. The van der Waals surface area contributed by atoms with Gasteiger partial charge in [-0.1, -0.05) is 38.0 Å². The maximum atomic E-state index is 10.2. The zero-order valence-corrected chi connectivity index (χ0v) is 17.6. The highest BCUT2D eigenvalue weighted by Crippen LogP contribution is 2.57. The van der Waals surface area contributed by atoms with E-state index in [-0.39, 0.29) is 6.61 Å². The number of fused-ring (bicyclic) bond motifs is 2. The lowest BCUT2D eigenvalue weighted by molar-refractivity contribution is -0.00558. The van der Waals surface area contributed by atoms with Crippen molar-refractivity contribution in [3.05, 3.63) is 41.5 Å². The van der Waals surface area contributed by atoms with Crippen LogP contribution in [0.5, 0.6) is 5.75 Å². The molecule has 5 atom stereocenters. The van der Waals surface area contributed by atoms with Crippen molar-refractivity contribution in [2.75, 3.05) is 6.61 Å². The van der Waals surface area contributed by atoms with E-state index in [9.17, 15) is 5.11 Å². The van der Waals surface area contributed by atoms with Crippen LogP contribution in [0.4, 0.5) is 0 Å². The summed E-state index contributed by atoms with van der Waals surface area (Å²) < 4.78 is 0.